The fraction of sp³-hybridized carbons (Fsp3) is 0.667. The third-order valence-corrected chi connectivity index (χ3v) is 3.98. The van der Waals surface area contributed by atoms with Crippen molar-refractivity contribution in [1.82, 2.24) is 14.9 Å². The zero-order valence-corrected chi connectivity index (χ0v) is 12.8. The van der Waals surface area contributed by atoms with Crippen LogP contribution in [0.25, 0.3) is 0 Å². The molecule has 1 saturated heterocycles. The first-order valence-corrected chi connectivity index (χ1v) is 7.41. The molecule has 0 atom stereocenters. The molecular weight excluding hydrogens is 268 g/mol. The van der Waals surface area contributed by atoms with Gasteiger partial charge in [0.25, 0.3) is 0 Å². The molecule has 0 aliphatic carbocycles. The highest BCUT2D eigenvalue weighted by Gasteiger charge is 2.24. The van der Waals surface area contributed by atoms with Crippen LogP contribution >= 0.6 is 0 Å². The molecule has 0 amide bonds. The van der Waals surface area contributed by atoms with Crippen molar-refractivity contribution >= 4 is 11.8 Å². The lowest BCUT2D eigenvalue weighted by atomic mass is 9.85. The van der Waals surface area contributed by atoms with Crippen molar-refractivity contribution in [3.63, 3.8) is 0 Å². The quantitative estimate of drug-likeness (QED) is 0.856. The second kappa shape index (κ2) is 6.85. The fourth-order valence-electron chi connectivity index (χ4n) is 2.61. The van der Waals surface area contributed by atoms with Gasteiger partial charge in [-0.3, -0.25) is 14.7 Å². The van der Waals surface area contributed by atoms with E-state index < -0.39 is 5.97 Å². The number of rotatable bonds is 6. The molecule has 1 aromatic heterocycles. The van der Waals surface area contributed by atoms with E-state index >= 15 is 0 Å². The molecule has 0 unspecified atom stereocenters. The third-order valence-electron chi connectivity index (χ3n) is 3.98. The Balaban J connectivity index is 1.76. The zero-order valence-electron chi connectivity index (χ0n) is 12.8. The van der Waals surface area contributed by atoms with Gasteiger partial charge in [0, 0.05) is 38.6 Å². The monoisotopic (exact) mass is 292 g/mol. The van der Waals surface area contributed by atoms with Gasteiger partial charge in [-0.2, -0.15) is 0 Å². The molecule has 21 heavy (non-hydrogen) atoms. The molecule has 1 N–H and O–H groups in total. The lowest BCUT2D eigenvalue weighted by Crippen LogP contribution is -2.47. The second-order valence-electron chi connectivity index (χ2n) is 6.38. The van der Waals surface area contributed by atoms with E-state index in [1.54, 1.807) is 18.6 Å². The van der Waals surface area contributed by atoms with Crippen molar-refractivity contribution < 1.29 is 9.90 Å². The van der Waals surface area contributed by atoms with Crippen molar-refractivity contribution in [3.05, 3.63) is 18.6 Å². The summed E-state index contributed by atoms with van der Waals surface area (Å²) in [6, 6.07) is 0. The number of nitrogens with zero attached hydrogens (tertiary/aromatic N) is 4. The van der Waals surface area contributed by atoms with Crippen molar-refractivity contribution in [2.24, 2.45) is 5.41 Å². The maximum atomic E-state index is 10.8. The van der Waals surface area contributed by atoms with E-state index in [4.69, 9.17) is 5.11 Å². The Bertz CT molecular complexity index is 456. The number of hydrogen-bond donors (Lipinski definition) is 1. The van der Waals surface area contributed by atoms with E-state index in [0.29, 0.717) is 0 Å². The van der Waals surface area contributed by atoms with Gasteiger partial charge in [-0.1, -0.05) is 13.8 Å². The number of aliphatic carboxylic acids is 1. The lowest BCUT2D eigenvalue weighted by molar-refractivity contribution is -0.139. The minimum absolute atomic E-state index is 0.145. The van der Waals surface area contributed by atoms with E-state index in [0.717, 1.165) is 45.0 Å². The Morgan fingerprint density at radius 2 is 2.00 bits per heavy atom. The summed E-state index contributed by atoms with van der Waals surface area (Å²) in [4.78, 5) is 23.9. The Kier molecular flexibility index (Phi) is 5.12. The maximum absolute atomic E-state index is 10.8. The van der Waals surface area contributed by atoms with Crippen LogP contribution < -0.4 is 4.90 Å². The first kappa shape index (κ1) is 15.7. The van der Waals surface area contributed by atoms with Gasteiger partial charge in [0.15, 0.2) is 0 Å². The van der Waals surface area contributed by atoms with Crippen LogP contribution in [0.1, 0.15) is 26.7 Å². The van der Waals surface area contributed by atoms with E-state index in [9.17, 15) is 4.79 Å². The number of aromatic nitrogens is 2. The topological polar surface area (TPSA) is 69.6 Å². The molecule has 1 aliphatic heterocycles. The molecule has 116 valence electrons. The highest BCUT2D eigenvalue weighted by Crippen LogP contribution is 2.25. The van der Waals surface area contributed by atoms with Crippen molar-refractivity contribution in [3.8, 4) is 0 Å². The molecule has 2 rings (SSSR count). The predicted octanol–water partition coefficient (Wildman–Crippen LogP) is 1.49. The number of carboxylic acid groups (broad SMARTS) is 1. The summed E-state index contributed by atoms with van der Waals surface area (Å²) in [7, 11) is 0. The minimum Gasteiger partial charge on any atom is -0.481 e. The molecule has 0 saturated carbocycles. The number of piperazine rings is 1. The zero-order chi connectivity index (χ0) is 15.3. The molecule has 0 bridgehead atoms. The molecule has 6 heteroatoms. The molecule has 1 fully saturated rings. The molecular formula is C15H24N4O2. The van der Waals surface area contributed by atoms with E-state index in [1.165, 1.54) is 0 Å². The number of anilines is 1. The van der Waals surface area contributed by atoms with Gasteiger partial charge in [0.05, 0.1) is 12.6 Å². The Hall–Kier alpha value is -1.69. The number of carboxylic acids is 1. The Labute approximate surface area is 125 Å². The largest absolute Gasteiger partial charge is 0.481 e. The second-order valence-corrected chi connectivity index (χ2v) is 6.38. The van der Waals surface area contributed by atoms with E-state index in [2.05, 4.69) is 19.8 Å². The van der Waals surface area contributed by atoms with Gasteiger partial charge in [-0.05, 0) is 18.4 Å². The van der Waals surface area contributed by atoms with E-state index in [-0.39, 0.29) is 11.8 Å². The van der Waals surface area contributed by atoms with Crippen molar-refractivity contribution in [2.45, 2.75) is 26.7 Å². The Morgan fingerprint density at radius 3 is 2.57 bits per heavy atom. The molecule has 0 radical (unpaired) electrons. The molecule has 1 aliphatic rings. The minimum atomic E-state index is -0.715. The van der Waals surface area contributed by atoms with Crippen LogP contribution in [0.15, 0.2) is 18.6 Å². The average Bonchev–Trinajstić information content (AvgIpc) is 2.45. The summed E-state index contributed by atoms with van der Waals surface area (Å²) in [6.07, 6.45) is 6.34. The van der Waals surface area contributed by atoms with Crippen molar-refractivity contribution in [1.29, 1.82) is 0 Å². The summed E-state index contributed by atoms with van der Waals surface area (Å²) in [5.74, 6) is 0.218. The van der Waals surface area contributed by atoms with Crippen LogP contribution in [0.3, 0.4) is 0 Å². The third kappa shape index (κ3) is 4.97. The van der Waals surface area contributed by atoms with Crippen LogP contribution in [0.4, 0.5) is 5.82 Å². The number of hydrogen-bond acceptors (Lipinski definition) is 5. The molecule has 0 spiro atoms. The maximum Gasteiger partial charge on any atom is 0.303 e. The van der Waals surface area contributed by atoms with E-state index in [1.807, 2.05) is 13.8 Å². The van der Waals surface area contributed by atoms with Crippen LogP contribution in [0.2, 0.25) is 0 Å². The van der Waals surface area contributed by atoms with Crippen LogP contribution in [0, 0.1) is 5.41 Å². The standard InChI is InChI=1S/C15H24N4O2/c1-15(2,11-14(20)21)3-6-18-7-9-19(10-8-18)13-12-16-4-5-17-13/h4-5,12H,3,6-11H2,1-2H3,(H,20,21). The van der Waals surface area contributed by atoms with Gasteiger partial charge in [0.2, 0.25) is 0 Å². The highest BCUT2D eigenvalue weighted by molar-refractivity contribution is 5.67. The smallest absolute Gasteiger partial charge is 0.303 e. The lowest BCUT2D eigenvalue weighted by Gasteiger charge is -2.36. The normalized spacial score (nSPS) is 17.0. The van der Waals surface area contributed by atoms with Gasteiger partial charge >= 0.3 is 5.97 Å². The highest BCUT2D eigenvalue weighted by atomic mass is 16.4. The first-order chi connectivity index (χ1) is 9.96. The summed E-state index contributed by atoms with van der Waals surface area (Å²) in [5, 5.41) is 8.91. The van der Waals surface area contributed by atoms with Crippen molar-refractivity contribution in [2.75, 3.05) is 37.6 Å². The molecule has 2 heterocycles. The first-order valence-electron chi connectivity index (χ1n) is 7.41. The Morgan fingerprint density at radius 1 is 1.29 bits per heavy atom. The molecule has 0 aromatic carbocycles. The molecule has 6 nitrogen and oxygen atoms in total. The summed E-state index contributed by atoms with van der Waals surface area (Å²) in [5.41, 5.74) is -0.145. The van der Waals surface area contributed by atoms with Crippen LogP contribution in [-0.4, -0.2) is 58.7 Å². The molecule has 1 aromatic rings. The van der Waals surface area contributed by atoms with Gasteiger partial charge in [-0.15, -0.1) is 0 Å². The van der Waals surface area contributed by atoms with Gasteiger partial charge in [0.1, 0.15) is 5.82 Å². The average molecular weight is 292 g/mol. The fourth-order valence-corrected chi connectivity index (χ4v) is 2.61. The SMILES string of the molecule is CC(C)(CCN1CCN(c2cnccn2)CC1)CC(=O)O. The van der Waals surface area contributed by atoms with Crippen LogP contribution in [0.5, 0.6) is 0 Å². The number of carbonyl (C=O) groups is 1. The summed E-state index contributed by atoms with van der Waals surface area (Å²) in [6.45, 7) is 8.86. The van der Waals surface area contributed by atoms with Crippen LogP contribution in [-0.2, 0) is 4.79 Å². The summed E-state index contributed by atoms with van der Waals surface area (Å²) < 4.78 is 0. The predicted molar refractivity (Wildman–Crippen MR) is 81.3 cm³/mol. The summed E-state index contributed by atoms with van der Waals surface area (Å²) >= 11 is 0. The van der Waals surface area contributed by atoms with Gasteiger partial charge < -0.3 is 10.0 Å². The van der Waals surface area contributed by atoms with Gasteiger partial charge in [-0.25, -0.2) is 4.98 Å².